The van der Waals surface area contributed by atoms with Crippen molar-refractivity contribution in [1.82, 2.24) is 0 Å². The van der Waals surface area contributed by atoms with E-state index in [-0.39, 0.29) is 22.8 Å². The molecule has 0 amide bonds. The molecule has 1 heterocycles. The van der Waals surface area contributed by atoms with E-state index in [1.807, 2.05) is 36.6 Å². The molecule has 4 heteroatoms. The number of carbonyl (C=O) groups is 1. The summed E-state index contributed by atoms with van der Waals surface area (Å²) in [6.07, 6.45) is 0. The third-order valence-corrected chi connectivity index (χ3v) is 4.28. The van der Waals surface area contributed by atoms with Gasteiger partial charge in [-0.25, -0.2) is 0 Å². The Balaban J connectivity index is 2.07. The summed E-state index contributed by atoms with van der Waals surface area (Å²) in [5.41, 5.74) is 2.35. The molecule has 0 aliphatic carbocycles. The van der Waals surface area contributed by atoms with Crippen LogP contribution in [-0.2, 0) is 0 Å². The van der Waals surface area contributed by atoms with Crippen LogP contribution in [0.3, 0.4) is 0 Å². The zero-order valence-corrected chi connectivity index (χ0v) is 12.7. The summed E-state index contributed by atoms with van der Waals surface area (Å²) in [7, 11) is 0. The van der Waals surface area contributed by atoms with E-state index < -0.39 is 0 Å². The van der Waals surface area contributed by atoms with E-state index in [4.69, 9.17) is 0 Å². The standard InChI is InChI=1S/C18H14O3S/c1-11-4-2-5-12(8-11)17-14(19)9-13(10-15(17)20)18(21)16-6-3-7-22-16/h2-10,19-20H,1H3. The van der Waals surface area contributed by atoms with Crippen molar-refractivity contribution in [2.45, 2.75) is 6.92 Å². The fourth-order valence-corrected chi connectivity index (χ4v) is 3.08. The van der Waals surface area contributed by atoms with Gasteiger partial charge < -0.3 is 10.2 Å². The monoisotopic (exact) mass is 310 g/mol. The first-order chi connectivity index (χ1) is 10.6. The Morgan fingerprint density at radius 3 is 2.32 bits per heavy atom. The van der Waals surface area contributed by atoms with Crippen molar-refractivity contribution >= 4 is 17.1 Å². The van der Waals surface area contributed by atoms with Gasteiger partial charge in [-0.2, -0.15) is 0 Å². The van der Waals surface area contributed by atoms with E-state index in [0.29, 0.717) is 16.0 Å². The Morgan fingerprint density at radius 2 is 1.73 bits per heavy atom. The van der Waals surface area contributed by atoms with E-state index >= 15 is 0 Å². The summed E-state index contributed by atoms with van der Waals surface area (Å²) in [5.74, 6) is -0.424. The first-order valence-electron chi connectivity index (χ1n) is 6.77. The van der Waals surface area contributed by atoms with Gasteiger partial charge in [0.1, 0.15) is 11.5 Å². The highest BCUT2D eigenvalue weighted by Gasteiger charge is 2.17. The van der Waals surface area contributed by atoms with Gasteiger partial charge in [0.25, 0.3) is 0 Å². The quantitative estimate of drug-likeness (QED) is 0.706. The summed E-state index contributed by atoms with van der Waals surface area (Å²) in [6, 6.07) is 13.8. The van der Waals surface area contributed by atoms with Crippen LogP contribution >= 0.6 is 11.3 Å². The Hall–Kier alpha value is -2.59. The Bertz CT molecular complexity index is 812. The number of phenolic OH excluding ortho intramolecular Hbond substituents is 2. The summed E-state index contributed by atoms with van der Waals surface area (Å²) >= 11 is 1.33. The second-order valence-electron chi connectivity index (χ2n) is 5.07. The van der Waals surface area contributed by atoms with Gasteiger partial charge in [-0.1, -0.05) is 35.9 Å². The lowest BCUT2D eigenvalue weighted by molar-refractivity contribution is 0.104. The molecule has 0 aliphatic heterocycles. The number of rotatable bonds is 3. The molecule has 110 valence electrons. The molecule has 0 aliphatic rings. The average Bonchev–Trinajstić information content (AvgIpc) is 3.00. The highest BCUT2D eigenvalue weighted by Crippen LogP contribution is 2.39. The van der Waals surface area contributed by atoms with Gasteiger partial charge in [0.15, 0.2) is 0 Å². The van der Waals surface area contributed by atoms with Crippen molar-refractivity contribution < 1.29 is 15.0 Å². The first kappa shape index (κ1) is 14.4. The number of hydrogen-bond acceptors (Lipinski definition) is 4. The largest absolute Gasteiger partial charge is 0.507 e. The van der Waals surface area contributed by atoms with Crippen LogP contribution in [0.25, 0.3) is 11.1 Å². The first-order valence-corrected chi connectivity index (χ1v) is 7.65. The molecule has 2 N–H and O–H groups in total. The molecule has 0 saturated carbocycles. The lowest BCUT2D eigenvalue weighted by atomic mass is 9.98. The lowest BCUT2D eigenvalue weighted by Gasteiger charge is -2.10. The minimum absolute atomic E-state index is 0.106. The molecular weight excluding hydrogens is 296 g/mol. The molecule has 2 aromatic carbocycles. The normalized spacial score (nSPS) is 10.6. The SMILES string of the molecule is Cc1cccc(-c2c(O)cc(C(=O)c3cccs3)cc2O)c1. The number of phenols is 2. The number of hydrogen-bond donors (Lipinski definition) is 2. The van der Waals surface area contributed by atoms with Crippen LogP contribution in [0.2, 0.25) is 0 Å². The van der Waals surface area contributed by atoms with E-state index in [2.05, 4.69) is 0 Å². The van der Waals surface area contributed by atoms with Crippen molar-refractivity contribution in [3.05, 3.63) is 69.9 Å². The lowest BCUT2D eigenvalue weighted by Crippen LogP contribution is -1.98. The molecule has 22 heavy (non-hydrogen) atoms. The topological polar surface area (TPSA) is 57.5 Å². The van der Waals surface area contributed by atoms with Gasteiger partial charge >= 0.3 is 0 Å². The summed E-state index contributed by atoms with van der Waals surface area (Å²) in [5, 5.41) is 22.3. The third kappa shape index (κ3) is 2.61. The minimum Gasteiger partial charge on any atom is -0.507 e. The number of carbonyl (C=O) groups excluding carboxylic acids is 1. The van der Waals surface area contributed by atoms with Crippen LogP contribution in [0.1, 0.15) is 20.8 Å². The number of benzene rings is 2. The molecule has 0 bridgehead atoms. The smallest absolute Gasteiger partial charge is 0.203 e. The molecule has 3 nitrogen and oxygen atoms in total. The van der Waals surface area contributed by atoms with Gasteiger partial charge in [-0.3, -0.25) is 4.79 Å². The highest BCUT2D eigenvalue weighted by molar-refractivity contribution is 7.12. The van der Waals surface area contributed by atoms with E-state index in [0.717, 1.165) is 5.56 Å². The second-order valence-corrected chi connectivity index (χ2v) is 6.01. The van der Waals surface area contributed by atoms with E-state index in [9.17, 15) is 15.0 Å². The summed E-state index contributed by atoms with van der Waals surface area (Å²) in [6.45, 7) is 1.94. The Kier molecular flexibility index (Phi) is 3.69. The molecule has 1 aromatic heterocycles. The number of ketones is 1. The fourth-order valence-electron chi connectivity index (χ4n) is 2.39. The van der Waals surface area contributed by atoms with E-state index in [1.54, 1.807) is 12.1 Å². The summed E-state index contributed by atoms with van der Waals surface area (Å²) in [4.78, 5) is 12.9. The van der Waals surface area contributed by atoms with Gasteiger partial charge in [-0.15, -0.1) is 11.3 Å². The molecular formula is C18H14O3S. The highest BCUT2D eigenvalue weighted by atomic mass is 32.1. The maximum absolute atomic E-state index is 12.3. The molecule has 0 atom stereocenters. The summed E-state index contributed by atoms with van der Waals surface area (Å²) < 4.78 is 0. The van der Waals surface area contributed by atoms with Crippen LogP contribution < -0.4 is 0 Å². The maximum atomic E-state index is 12.3. The van der Waals surface area contributed by atoms with Gasteiger partial charge in [0.2, 0.25) is 5.78 Å². The molecule has 0 fully saturated rings. The van der Waals surface area contributed by atoms with Crippen LogP contribution in [0.15, 0.2) is 53.9 Å². The van der Waals surface area contributed by atoms with Gasteiger partial charge in [0.05, 0.1) is 10.4 Å². The van der Waals surface area contributed by atoms with Crippen LogP contribution in [0.5, 0.6) is 11.5 Å². The number of aryl methyl sites for hydroxylation is 1. The van der Waals surface area contributed by atoms with Crippen molar-refractivity contribution in [3.8, 4) is 22.6 Å². The average molecular weight is 310 g/mol. The molecule has 3 aromatic rings. The van der Waals surface area contributed by atoms with Crippen molar-refractivity contribution in [2.24, 2.45) is 0 Å². The molecule has 0 spiro atoms. The van der Waals surface area contributed by atoms with Crippen LogP contribution in [-0.4, -0.2) is 16.0 Å². The van der Waals surface area contributed by atoms with Gasteiger partial charge in [-0.05, 0) is 36.1 Å². The zero-order valence-electron chi connectivity index (χ0n) is 11.9. The van der Waals surface area contributed by atoms with Gasteiger partial charge in [0, 0.05) is 5.56 Å². The predicted octanol–water partition coefficient (Wildman–Crippen LogP) is 4.37. The second kappa shape index (κ2) is 5.66. The molecule has 0 saturated heterocycles. The van der Waals surface area contributed by atoms with Crippen molar-refractivity contribution in [1.29, 1.82) is 0 Å². The van der Waals surface area contributed by atoms with Crippen LogP contribution in [0, 0.1) is 6.92 Å². The predicted molar refractivity (Wildman–Crippen MR) is 87.7 cm³/mol. The van der Waals surface area contributed by atoms with Crippen molar-refractivity contribution in [3.63, 3.8) is 0 Å². The zero-order chi connectivity index (χ0) is 15.7. The molecule has 0 unspecified atom stereocenters. The third-order valence-electron chi connectivity index (χ3n) is 3.41. The Labute approximate surface area is 132 Å². The maximum Gasteiger partial charge on any atom is 0.203 e. The molecule has 0 radical (unpaired) electrons. The van der Waals surface area contributed by atoms with Crippen LogP contribution in [0.4, 0.5) is 0 Å². The number of thiophene rings is 1. The van der Waals surface area contributed by atoms with E-state index in [1.165, 1.54) is 23.5 Å². The fraction of sp³-hybridized carbons (Fsp3) is 0.0556. The van der Waals surface area contributed by atoms with Crippen molar-refractivity contribution in [2.75, 3.05) is 0 Å². The Morgan fingerprint density at radius 1 is 1.00 bits per heavy atom. The minimum atomic E-state index is -0.212. The number of aromatic hydroxyl groups is 2. The molecule has 3 rings (SSSR count).